The van der Waals surface area contributed by atoms with Crippen LogP contribution in [0.15, 0.2) is 84.9 Å². The quantitative estimate of drug-likeness (QED) is 0.128. The van der Waals surface area contributed by atoms with E-state index in [1.54, 1.807) is 7.11 Å². The van der Waals surface area contributed by atoms with Crippen LogP contribution in [0.5, 0.6) is 23.0 Å². The van der Waals surface area contributed by atoms with Crippen LogP contribution in [0.1, 0.15) is 40.2 Å². The molecule has 242 valence electrons. The molecule has 0 aliphatic carbocycles. The van der Waals surface area contributed by atoms with E-state index in [9.17, 15) is 5.11 Å². The summed E-state index contributed by atoms with van der Waals surface area (Å²) in [6.07, 6.45) is -0.405. The van der Waals surface area contributed by atoms with Crippen molar-refractivity contribution in [1.29, 1.82) is 0 Å². The Morgan fingerprint density at radius 1 is 0.652 bits per heavy atom. The van der Waals surface area contributed by atoms with Gasteiger partial charge in [-0.25, -0.2) is 0 Å². The van der Waals surface area contributed by atoms with Crippen molar-refractivity contribution in [2.24, 2.45) is 0 Å². The number of hydrogen-bond acceptors (Lipinski definition) is 6. The molecule has 0 aliphatic heterocycles. The highest BCUT2D eigenvalue weighted by molar-refractivity contribution is 7.80. The van der Waals surface area contributed by atoms with Crippen LogP contribution in [-0.4, -0.2) is 62.7 Å². The van der Waals surface area contributed by atoms with E-state index in [0.717, 1.165) is 54.5 Å². The van der Waals surface area contributed by atoms with Crippen molar-refractivity contribution in [3.63, 3.8) is 0 Å². The van der Waals surface area contributed by atoms with E-state index in [1.165, 1.54) is 0 Å². The largest absolute Gasteiger partial charge is 0.507 e. The lowest BCUT2D eigenvalue weighted by Gasteiger charge is -2.31. The highest BCUT2D eigenvalue weighted by Crippen LogP contribution is 2.48. The first-order valence-corrected chi connectivity index (χ1v) is 17.1. The molecule has 0 saturated heterocycles. The van der Waals surface area contributed by atoms with Gasteiger partial charge in [0, 0.05) is 32.2 Å². The number of phenols is 1. The molecule has 5 aromatic carbocycles. The van der Waals surface area contributed by atoms with E-state index in [1.807, 2.05) is 64.6 Å². The van der Waals surface area contributed by atoms with Gasteiger partial charge in [-0.2, -0.15) is 0 Å². The summed E-state index contributed by atoms with van der Waals surface area (Å²) in [6.45, 7) is 10.4. The second-order valence-electron chi connectivity index (χ2n) is 13.3. The minimum atomic E-state index is -1.46. The van der Waals surface area contributed by atoms with E-state index in [2.05, 4.69) is 92.9 Å². The number of methoxy groups -OCH3 is 1. The molecule has 0 radical (unpaired) electrons. The summed E-state index contributed by atoms with van der Waals surface area (Å²) in [7, 11) is 8.28. The van der Waals surface area contributed by atoms with E-state index in [4.69, 9.17) is 14.2 Å². The van der Waals surface area contributed by atoms with Gasteiger partial charge in [0.2, 0.25) is 0 Å². The Labute approximate surface area is 275 Å². The van der Waals surface area contributed by atoms with E-state index >= 15 is 0 Å². The molecular weight excluding hydrogens is 591 g/mol. The van der Waals surface area contributed by atoms with Gasteiger partial charge in [0.15, 0.2) is 0 Å². The molecule has 46 heavy (non-hydrogen) atoms. The van der Waals surface area contributed by atoms with Gasteiger partial charge in [0.1, 0.15) is 35.5 Å². The van der Waals surface area contributed by atoms with Gasteiger partial charge >= 0.3 is 0 Å². The molecule has 7 heteroatoms. The molecule has 0 fully saturated rings. The molecule has 0 amide bonds. The summed E-state index contributed by atoms with van der Waals surface area (Å²) in [5, 5.41) is 19.2. The van der Waals surface area contributed by atoms with Gasteiger partial charge in [-0.15, -0.1) is 0 Å². The van der Waals surface area contributed by atoms with Gasteiger partial charge in [0.25, 0.3) is 0 Å². The summed E-state index contributed by atoms with van der Waals surface area (Å²) < 4.78 is 19.6. The van der Waals surface area contributed by atoms with Crippen LogP contribution in [-0.2, 0) is 5.41 Å². The third kappa shape index (κ3) is 6.66. The summed E-state index contributed by atoms with van der Waals surface area (Å²) in [5.74, 6) is 2.55. The third-order valence-electron chi connectivity index (χ3n) is 8.58. The second-order valence-corrected chi connectivity index (χ2v) is 15.4. The normalized spacial score (nSPS) is 14.1. The lowest BCUT2D eigenvalue weighted by molar-refractivity contribution is 0.0840. The fourth-order valence-electron chi connectivity index (χ4n) is 5.46. The van der Waals surface area contributed by atoms with E-state index in [-0.39, 0.29) is 23.6 Å². The zero-order chi connectivity index (χ0) is 33.3. The van der Waals surface area contributed by atoms with Gasteiger partial charge in [-0.3, -0.25) is 9.80 Å². The zero-order valence-electron chi connectivity index (χ0n) is 28.8. The Morgan fingerprint density at radius 3 is 1.52 bits per heavy atom. The van der Waals surface area contributed by atoms with Crippen molar-refractivity contribution >= 4 is 45.4 Å². The first kappa shape index (κ1) is 33.5. The summed E-state index contributed by atoms with van der Waals surface area (Å²) in [6, 6.07) is 29.2. The molecule has 0 aliphatic rings. The van der Waals surface area contributed by atoms with Crippen molar-refractivity contribution in [3.05, 3.63) is 90.5 Å². The zero-order valence-corrected chi connectivity index (χ0v) is 29.6. The smallest absolute Gasteiger partial charge is 0.149 e. The van der Waals surface area contributed by atoms with Crippen LogP contribution in [0, 0.1) is 0 Å². The molecule has 0 spiro atoms. The average molecular weight is 639 g/mol. The average Bonchev–Trinajstić information content (AvgIpc) is 3.02. The fraction of sp³-hybridized carbons (Fsp3) is 0.333. The number of rotatable bonds is 10. The number of benzene rings is 5. The number of nitrogens with zero attached hydrogens (tertiary/aromatic N) is 2. The first-order valence-electron chi connectivity index (χ1n) is 15.7. The lowest BCUT2D eigenvalue weighted by Crippen LogP contribution is -2.34. The lowest BCUT2D eigenvalue weighted by atomic mass is 9.86. The monoisotopic (exact) mass is 638 g/mol. The maximum atomic E-state index is 12.2. The van der Waals surface area contributed by atoms with Gasteiger partial charge in [-0.05, 0) is 90.4 Å². The Morgan fingerprint density at radius 2 is 1.11 bits per heavy atom. The summed E-state index contributed by atoms with van der Waals surface area (Å²) in [4.78, 5) is 4.11. The van der Waals surface area contributed by atoms with E-state index in [0.29, 0.717) is 5.75 Å². The Kier molecular flexibility index (Phi) is 9.83. The van der Waals surface area contributed by atoms with Crippen molar-refractivity contribution < 1.29 is 19.3 Å². The van der Waals surface area contributed by atoms with Gasteiger partial charge < -0.3 is 19.3 Å². The first-order chi connectivity index (χ1) is 21.8. The number of hydrogen-bond donors (Lipinski definition) is 1. The molecule has 0 bridgehead atoms. The molecule has 1 N–H and O–H groups in total. The molecule has 2 atom stereocenters. The van der Waals surface area contributed by atoms with Crippen LogP contribution in [0.25, 0.3) is 21.5 Å². The predicted molar refractivity (Wildman–Crippen MR) is 195 cm³/mol. The molecule has 2 unspecified atom stereocenters. The Balaban J connectivity index is 1.94. The number of aromatic hydroxyl groups is 1. The molecule has 5 rings (SSSR count). The highest BCUT2D eigenvalue weighted by Gasteiger charge is 2.33. The molecule has 6 nitrogen and oxygen atoms in total. The van der Waals surface area contributed by atoms with Crippen LogP contribution in [0.2, 0.25) is 0 Å². The predicted octanol–water partition coefficient (Wildman–Crippen LogP) is 7.34. The van der Waals surface area contributed by atoms with E-state index < -0.39 is 7.92 Å². The van der Waals surface area contributed by atoms with Crippen LogP contribution in [0.4, 0.5) is 0 Å². The maximum Gasteiger partial charge on any atom is 0.149 e. The second kappa shape index (κ2) is 13.5. The van der Waals surface area contributed by atoms with Crippen LogP contribution in [0.3, 0.4) is 0 Å². The number of ether oxygens (including phenoxy) is 3. The number of fused-ring (bicyclic) bond motifs is 2. The van der Waals surface area contributed by atoms with Gasteiger partial charge in [-0.1, -0.05) is 81.4 Å². The molecule has 0 aromatic heterocycles. The van der Waals surface area contributed by atoms with Crippen LogP contribution < -0.4 is 30.1 Å². The number of phenolic OH excluding ortho intramolecular Hbond substituents is 1. The minimum Gasteiger partial charge on any atom is -0.507 e. The highest BCUT2D eigenvalue weighted by atomic mass is 31.1. The third-order valence-corrected chi connectivity index (χ3v) is 11.1. The minimum absolute atomic E-state index is 0.202. The topological polar surface area (TPSA) is 54.4 Å². The summed E-state index contributed by atoms with van der Waals surface area (Å²) >= 11 is 0. The van der Waals surface area contributed by atoms with Crippen molar-refractivity contribution in [1.82, 2.24) is 9.80 Å². The Hall–Kier alpha value is -3.83. The molecular formula is C39H47N2O4P. The Bertz CT molecular complexity index is 1750. The van der Waals surface area contributed by atoms with Crippen molar-refractivity contribution in [3.8, 4) is 23.0 Å². The van der Waals surface area contributed by atoms with Gasteiger partial charge in [0.05, 0.1) is 7.11 Å². The van der Waals surface area contributed by atoms with Crippen LogP contribution >= 0.6 is 7.92 Å². The summed E-state index contributed by atoms with van der Waals surface area (Å²) in [5.41, 5.74) is 0.489. The SMILES string of the molecule is COc1cc(P(c2ccc3ccccc3c2OC(C)N(C)C)c2ccc3ccccc3c2OC(C)N(C)C)c(O)c(C(C)(C)C)c1. The standard InChI is InChI=1S/C39H47N2O4P/c1-25(40(6)7)44-37-30-17-13-11-15-27(30)19-21-33(37)46(35-24-29(43-10)23-32(36(35)42)39(3,4)5)34-22-20-28-16-12-14-18-31(28)38(34)45-26(2)41(8)9/h11-26,42H,1-10H3. The molecule has 5 aromatic rings. The van der Waals surface area contributed by atoms with Crippen molar-refractivity contribution in [2.75, 3.05) is 35.3 Å². The fourth-order valence-corrected chi connectivity index (χ4v) is 8.02. The molecule has 0 heterocycles. The maximum absolute atomic E-state index is 12.2. The molecule has 0 saturated carbocycles. The van der Waals surface area contributed by atoms with Crippen molar-refractivity contribution in [2.45, 2.75) is 52.5 Å².